The topological polar surface area (TPSA) is 38.9 Å². The predicted molar refractivity (Wildman–Crippen MR) is 64.2 cm³/mol. The van der Waals surface area contributed by atoms with Gasteiger partial charge in [-0.2, -0.15) is 0 Å². The summed E-state index contributed by atoms with van der Waals surface area (Å²) in [6, 6.07) is 4.63. The van der Waals surface area contributed by atoms with Crippen LogP contribution in [0.1, 0.15) is 17.3 Å². The van der Waals surface area contributed by atoms with Gasteiger partial charge in [0.2, 0.25) is 0 Å². The normalized spacial score (nSPS) is 12.7. The Hall–Kier alpha value is -0.970. The Balaban J connectivity index is 2.18. The van der Waals surface area contributed by atoms with Gasteiger partial charge in [0.15, 0.2) is 0 Å². The molecule has 1 heterocycles. The minimum absolute atomic E-state index is 0.128. The van der Waals surface area contributed by atoms with Crippen LogP contribution < -0.4 is 5.73 Å². The molecule has 2 N–H and O–H groups in total. The summed E-state index contributed by atoms with van der Waals surface area (Å²) < 4.78 is 13.6. The molecule has 1 aromatic heterocycles. The van der Waals surface area contributed by atoms with Gasteiger partial charge in [0, 0.05) is 5.38 Å². The Morgan fingerprint density at radius 3 is 3.00 bits per heavy atom. The lowest BCUT2D eigenvalue weighted by atomic mass is 10.0. The monoisotopic (exact) mass is 256 g/mol. The van der Waals surface area contributed by atoms with E-state index in [9.17, 15) is 4.39 Å². The number of rotatable bonds is 3. The molecule has 2 nitrogen and oxygen atoms in total. The number of halogens is 2. The van der Waals surface area contributed by atoms with Gasteiger partial charge in [-0.15, -0.1) is 11.3 Å². The lowest BCUT2D eigenvalue weighted by molar-refractivity contribution is 0.591. The van der Waals surface area contributed by atoms with Crippen LogP contribution in [0.4, 0.5) is 4.39 Å². The molecule has 84 valence electrons. The van der Waals surface area contributed by atoms with Gasteiger partial charge in [-0.05, 0) is 18.1 Å². The molecule has 0 fully saturated rings. The standard InChI is InChI=1S/C11H10ClFN2S/c12-8-3-1-2-7(11(8)13)4-9(14)10-5-16-6-15-10/h1-3,5-6,9H,4,14H2. The lowest BCUT2D eigenvalue weighted by Crippen LogP contribution is -2.14. The van der Waals surface area contributed by atoms with Crippen LogP contribution in [0.3, 0.4) is 0 Å². The highest BCUT2D eigenvalue weighted by atomic mass is 35.5. The fourth-order valence-electron chi connectivity index (χ4n) is 1.45. The fraction of sp³-hybridized carbons (Fsp3) is 0.182. The SMILES string of the molecule is NC(Cc1cccc(Cl)c1F)c1cscn1. The van der Waals surface area contributed by atoms with E-state index in [-0.39, 0.29) is 11.1 Å². The van der Waals surface area contributed by atoms with Crippen molar-refractivity contribution < 1.29 is 4.39 Å². The third kappa shape index (κ3) is 2.40. The van der Waals surface area contributed by atoms with Gasteiger partial charge in [0.25, 0.3) is 0 Å². The van der Waals surface area contributed by atoms with E-state index in [1.54, 1.807) is 17.6 Å². The fourth-order valence-corrected chi connectivity index (χ4v) is 2.27. The quantitative estimate of drug-likeness (QED) is 0.916. The summed E-state index contributed by atoms with van der Waals surface area (Å²) in [4.78, 5) is 4.10. The van der Waals surface area contributed by atoms with Crippen molar-refractivity contribution in [3.63, 3.8) is 0 Å². The molecule has 0 spiro atoms. The Kier molecular flexibility index (Phi) is 3.53. The highest BCUT2D eigenvalue weighted by Gasteiger charge is 2.13. The molecule has 2 rings (SSSR count). The molecular weight excluding hydrogens is 247 g/mol. The summed E-state index contributed by atoms with van der Waals surface area (Å²) in [7, 11) is 0. The van der Waals surface area contributed by atoms with E-state index in [4.69, 9.17) is 17.3 Å². The van der Waals surface area contributed by atoms with Gasteiger partial charge < -0.3 is 5.73 Å². The highest BCUT2D eigenvalue weighted by Crippen LogP contribution is 2.22. The van der Waals surface area contributed by atoms with E-state index >= 15 is 0 Å². The molecule has 2 aromatic rings. The Morgan fingerprint density at radius 1 is 1.50 bits per heavy atom. The lowest BCUT2D eigenvalue weighted by Gasteiger charge is -2.10. The van der Waals surface area contributed by atoms with E-state index in [1.807, 2.05) is 5.38 Å². The molecule has 0 aliphatic heterocycles. The van der Waals surface area contributed by atoms with Crippen molar-refractivity contribution >= 4 is 22.9 Å². The zero-order valence-corrected chi connectivity index (χ0v) is 9.93. The number of benzene rings is 1. The van der Waals surface area contributed by atoms with E-state index in [0.29, 0.717) is 12.0 Å². The number of nitrogens with two attached hydrogens (primary N) is 1. The van der Waals surface area contributed by atoms with Crippen molar-refractivity contribution in [2.75, 3.05) is 0 Å². The van der Waals surface area contributed by atoms with Gasteiger partial charge in [-0.3, -0.25) is 0 Å². The Labute approximate surface area is 102 Å². The summed E-state index contributed by atoms with van der Waals surface area (Å²) in [5.74, 6) is -0.394. The predicted octanol–water partition coefficient (Wildman–Crippen LogP) is 3.18. The molecule has 0 amide bonds. The van der Waals surface area contributed by atoms with Crippen LogP contribution in [0.25, 0.3) is 0 Å². The average molecular weight is 257 g/mol. The molecule has 5 heteroatoms. The van der Waals surface area contributed by atoms with Gasteiger partial charge >= 0.3 is 0 Å². The molecule has 0 aliphatic rings. The first kappa shape index (κ1) is 11.5. The van der Waals surface area contributed by atoms with Crippen molar-refractivity contribution in [1.29, 1.82) is 0 Å². The number of nitrogens with zero attached hydrogens (tertiary/aromatic N) is 1. The van der Waals surface area contributed by atoms with Crippen molar-refractivity contribution in [2.24, 2.45) is 5.73 Å². The summed E-state index contributed by atoms with van der Waals surface area (Å²) in [5, 5.41) is 2.00. The molecule has 0 bridgehead atoms. The summed E-state index contributed by atoms with van der Waals surface area (Å²) in [6.45, 7) is 0. The Morgan fingerprint density at radius 2 is 2.31 bits per heavy atom. The second-order valence-electron chi connectivity index (χ2n) is 3.44. The molecule has 0 radical (unpaired) electrons. The first-order chi connectivity index (χ1) is 7.68. The second-order valence-corrected chi connectivity index (χ2v) is 4.56. The van der Waals surface area contributed by atoms with Crippen molar-refractivity contribution in [3.8, 4) is 0 Å². The number of hydrogen-bond donors (Lipinski definition) is 1. The minimum Gasteiger partial charge on any atom is -0.322 e. The van der Waals surface area contributed by atoms with Crippen LogP contribution in [-0.4, -0.2) is 4.98 Å². The maximum atomic E-state index is 13.6. The van der Waals surface area contributed by atoms with E-state index < -0.39 is 5.82 Å². The molecule has 16 heavy (non-hydrogen) atoms. The van der Waals surface area contributed by atoms with Crippen LogP contribution in [0.5, 0.6) is 0 Å². The van der Waals surface area contributed by atoms with Crippen LogP contribution in [0.2, 0.25) is 5.02 Å². The van der Waals surface area contributed by atoms with Crippen LogP contribution in [0, 0.1) is 5.82 Å². The minimum atomic E-state index is -0.394. The number of thiazole rings is 1. The van der Waals surface area contributed by atoms with Gasteiger partial charge in [-0.1, -0.05) is 23.7 Å². The maximum absolute atomic E-state index is 13.6. The van der Waals surface area contributed by atoms with Crippen LogP contribution in [0.15, 0.2) is 29.1 Å². The number of aromatic nitrogens is 1. The summed E-state index contributed by atoms with van der Waals surface area (Å²) in [6.07, 6.45) is 0.399. The van der Waals surface area contributed by atoms with E-state index in [2.05, 4.69) is 4.98 Å². The summed E-state index contributed by atoms with van der Waals surface area (Å²) >= 11 is 7.17. The van der Waals surface area contributed by atoms with E-state index in [0.717, 1.165) is 5.69 Å². The van der Waals surface area contributed by atoms with Crippen molar-refractivity contribution in [2.45, 2.75) is 12.5 Å². The second kappa shape index (κ2) is 4.91. The molecule has 0 saturated heterocycles. The average Bonchev–Trinajstić information content (AvgIpc) is 2.78. The molecule has 0 saturated carbocycles. The molecule has 0 aliphatic carbocycles. The zero-order valence-electron chi connectivity index (χ0n) is 8.36. The highest BCUT2D eigenvalue weighted by molar-refractivity contribution is 7.07. The zero-order chi connectivity index (χ0) is 11.5. The van der Waals surface area contributed by atoms with Crippen molar-refractivity contribution in [1.82, 2.24) is 4.98 Å². The van der Waals surface area contributed by atoms with Gasteiger partial charge in [-0.25, -0.2) is 9.37 Å². The molecular formula is C11H10ClFN2S. The molecule has 1 aromatic carbocycles. The summed E-state index contributed by atoms with van der Waals surface area (Å²) in [5.41, 5.74) is 8.94. The van der Waals surface area contributed by atoms with Crippen LogP contribution in [-0.2, 0) is 6.42 Å². The van der Waals surface area contributed by atoms with Crippen molar-refractivity contribution in [3.05, 3.63) is 51.2 Å². The maximum Gasteiger partial charge on any atom is 0.145 e. The first-order valence-electron chi connectivity index (χ1n) is 4.75. The largest absolute Gasteiger partial charge is 0.322 e. The smallest absolute Gasteiger partial charge is 0.145 e. The number of hydrogen-bond acceptors (Lipinski definition) is 3. The molecule has 1 atom stereocenters. The third-order valence-corrected chi connectivity index (χ3v) is 3.20. The molecule has 1 unspecified atom stereocenters. The van der Waals surface area contributed by atoms with Gasteiger partial charge in [0.1, 0.15) is 5.82 Å². The van der Waals surface area contributed by atoms with Gasteiger partial charge in [0.05, 0.1) is 22.3 Å². The van der Waals surface area contributed by atoms with E-state index in [1.165, 1.54) is 17.4 Å². The first-order valence-corrected chi connectivity index (χ1v) is 6.07. The van der Waals surface area contributed by atoms with Crippen LogP contribution >= 0.6 is 22.9 Å². The Bertz CT molecular complexity index is 473. The third-order valence-electron chi connectivity index (χ3n) is 2.30.